The summed E-state index contributed by atoms with van der Waals surface area (Å²) in [6.07, 6.45) is 3.89. The van der Waals surface area contributed by atoms with Crippen LogP contribution < -0.4 is 21.1 Å². The summed E-state index contributed by atoms with van der Waals surface area (Å²) in [7, 11) is 0. The minimum Gasteiger partial charge on any atom is -0.494 e. The Bertz CT molecular complexity index is 1040. The van der Waals surface area contributed by atoms with E-state index in [2.05, 4.69) is 21.7 Å². The first-order valence-electron chi connectivity index (χ1n) is 10.3. The SMILES string of the molecule is N[C@H](CNc1ncc(-c2ccc3c(c2)CC(=O)N3)s1)Cc1ccc(OCCCCl)cc1. The van der Waals surface area contributed by atoms with Crippen LogP contribution in [0.5, 0.6) is 5.75 Å². The van der Waals surface area contributed by atoms with Gasteiger partial charge in [0.25, 0.3) is 0 Å². The molecule has 6 nitrogen and oxygen atoms in total. The summed E-state index contributed by atoms with van der Waals surface area (Å²) in [6, 6.07) is 14.0. The van der Waals surface area contributed by atoms with Gasteiger partial charge in [0, 0.05) is 30.4 Å². The van der Waals surface area contributed by atoms with Crippen LogP contribution in [0.4, 0.5) is 10.8 Å². The number of nitrogens with two attached hydrogens (primary N) is 1. The third kappa shape index (κ3) is 5.76. The lowest BCUT2D eigenvalue weighted by atomic mass is 10.1. The van der Waals surface area contributed by atoms with Crippen molar-refractivity contribution in [2.45, 2.75) is 25.3 Å². The fourth-order valence-electron chi connectivity index (χ4n) is 3.43. The van der Waals surface area contributed by atoms with Crippen LogP contribution >= 0.6 is 22.9 Å². The number of alkyl halides is 1. The lowest BCUT2D eigenvalue weighted by Gasteiger charge is -2.13. The molecule has 0 radical (unpaired) electrons. The number of halogens is 1. The average Bonchev–Trinajstić information content (AvgIpc) is 3.39. The Morgan fingerprint density at radius 3 is 2.90 bits per heavy atom. The molecule has 3 aromatic rings. The first-order valence-corrected chi connectivity index (χ1v) is 11.6. The van der Waals surface area contributed by atoms with E-state index in [-0.39, 0.29) is 11.9 Å². The fourth-order valence-corrected chi connectivity index (χ4v) is 4.36. The smallest absolute Gasteiger partial charge is 0.228 e. The van der Waals surface area contributed by atoms with Crippen molar-refractivity contribution in [1.82, 2.24) is 4.98 Å². The second kappa shape index (κ2) is 10.1. The number of hydrogen-bond donors (Lipinski definition) is 3. The lowest BCUT2D eigenvalue weighted by molar-refractivity contribution is -0.115. The Balaban J connectivity index is 1.28. The maximum Gasteiger partial charge on any atom is 0.228 e. The van der Waals surface area contributed by atoms with Crippen LogP contribution in [-0.4, -0.2) is 36.0 Å². The summed E-state index contributed by atoms with van der Waals surface area (Å²) in [5.41, 5.74) is 10.5. The zero-order valence-electron chi connectivity index (χ0n) is 17.1. The van der Waals surface area contributed by atoms with Crippen LogP contribution in [0.25, 0.3) is 10.4 Å². The normalized spacial score (nSPS) is 13.5. The maximum atomic E-state index is 11.5. The molecule has 1 amide bonds. The highest BCUT2D eigenvalue weighted by atomic mass is 35.5. The van der Waals surface area contributed by atoms with Gasteiger partial charge in [0.05, 0.1) is 17.9 Å². The van der Waals surface area contributed by atoms with Gasteiger partial charge >= 0.3 is 0 Å². The highest BCUT2D eigenvalue weighted by Gasteiger charge is 2.18. The first-order chi connectivity index (χ1) is 15.1. The van der Waals surface area contributed by atoms with Crippen molar-refractivity contribution in [3.8, 4) is 16.2 Å². The number of rotatable bonds is 10. The Hall–Kier alpha value is -2.61. The van der Waals surface area contributed by atoms with Gasteiger partial charge in [0.15, 0.2) is 5.13 Å². The van der Waals surface area contributed by atoms with Crippen molar-refractivity contribution in [1.29, 1.82) is 0 Å². The molecule has 2 aromatic carbocycles. The van der Waals surface area contributed by atoms with Gasteiger partial charge in [-0.05, 0) is 53.8 Å². The van der Waals surface area contributed by atoms with E-state index >= 15 is 0 Å². The minimum atomic E-state index is -0.0348. The van der Waals surface area contributed by atoms with E-state index < -0.39 is 0 Å². The van der Waals surface area contributed by atoms with Crippen LogP contribution in [0.15, 0.2) is 48.7 Å². The second-order valence-corrected chi connectivity index (χ2v) is 8.92. The number of benzene rings is 2. The van der Waals surface area contributed by atoms with Gasteiger partial charge in [-0.1, -0.05) is 29.5 Å². The molecule has 0 unspecified atom stereocenters. The van der Waals surface area contributed by atoms with E-state index in [1.807, 2.05) is 42.6 Å². The fraction of sp³-hybridized carbons (Fsp3) is 0.304. The van der Waals surface area contributed by atoms with Gasteiger partial charge in [0.1, 0.15) is 5.75 Å². The van der Waals surface area contributed by atoms with Crippen LogP contribution in [-0.2, 0) is 17.6 Å². The Kier molecular flexibility index (Phi) is 7.06. The largest absolute Gasteiger partial charge is 0.494 e. The van der Waals surface area contributed by atoms with Crippen molar-refractivity contribution in [3.05, 3.63) is 59.8 Å². The molecule has 1 aliphatic rings. The monoisotopic (exact) mass is 456 g/mol. The second-order valence-electron chi connectivity index (χ2n) is 7.51. The summed E-state index contributed by atoms with van der Waals surface area (Å²) in [5.74, 6) is 1.50. The van der Waals surface area contributed by atoms with E-state index in [4.69, 9.17) is 22.1 Å². The average molecular weight is 457 g/mol. The van der Waals surface area contributed by atoms with Gasteiger partial charge in [-0.25, -0.2) is 4.98 Å². The van der Waals surface area contributed by atoms with Gasteiger partial charge in [0.2, 0.25) is 5.91 Å². The van der Waals surface area contributed by atoms with Gasteiger partial charge < -0.3 is 21.1 Å². The molecule has 0 saturated heterocycles. The molecule has 0 bridgehead atoms. The number of ether oxygens (including phenoxy) is 1. The summed E-state index contributed by atoms with van der Waals surface area (Å²) in [5, 5.41) is 7.03. The maximum absolute atomic E-state index is 11.5. The molecule has 1 aliphatic heterocycles. The number of carbonyl (C=O) groups excluding carboxylic acids is 1. The summed E-state index contributed by atoms with van der Waals surface area (Å²) in [4.78, 5) is 17.1. The van der Waals surface area contributed by atoms with E-state index in [1.54, 1.807) is 11.3 Å². The van der Waals surface area contributed by atoms with Crippen LogP contribution in [0, 0.1) is 0 Å². The number of anilines is 2. The van der Waals surface area contributed by atoms with Crippen molar-refractivity contribution >= 4 is 39.7 Å². The number of fused-ring (bicyclic) bond motifs is 1. The molecule has 31 heavy (non-hydrogen) atoms. The number of hydrogen-bond acceptors (Lipinski definition) is 6. The highest BCUT2D eigenvalue weighted by Crippen LogP contribution is 2.33. The molecular formula is C23H25ClN4O2S. The molecule has 2 heterocycles. The Morgan fingerprint density at radius 2 is 2.10 bits per heavy atom. The van der Waals surface area contributed by atoms with Crippen LogP contribution in [0.1, 0.15) is 17.5 Å². The van der Waals surface area contributed by atoms with Crippen molar-refractivity contribution < 1.29 is 9.53 Å². The molecule has 4 rings (SSSR count). The van der Waals surface area contributed by atoms with Crippen molar-refractivity contribution in [2.75, 3.05) is 29.7 Å². The molecule has 8 heteroatoms. The zero-order valence-corrected chi connectivity index (χ0v) is 18.6. The van der Waals surface area contributed by atoms with E-state index in [0.29, 0.717) is 25.5 Å². The highest BCUT2D eigenvalue weighted by molar-refractivity contribution is 7.18. The molecule has 4 N–H and O–H groups in total. The molecule has 0 aliphatic carbocycles. The number of nitrogens with one attached hydrogen (secondary N) is 2. The number of nitrogens with zero attached hydrogens (tertiary/aromatic N) is 1. The van der Waals surface area contributed by atoms with Gasteiger partial charge in [-0.2, -0.15) is 0 Å². The minimum absolute atomic E-state index is 0.0348. The summed E-state index contributed by atoms with van der Waals surface area (Å²) >= 11 is 7.25. The third-order valence-corrected chi connectivity index (χ3v) is 6.28. The molecule has 0 spiro atoms. The molecule has 1 atom stereocenters. The number of aromatic nitrogens is 1. The zero-order chi connectivity index (χ0) is 21.6. The molecule has 0 fully saturated rings. The van der Waals surface area contributed by atoms with Crippen molar-refractivity contribution in [2.24, 2.45) is 5.73 Å². The summed E-state index contributed by atoms with van der Waals surface area (Å²) in [6.45, 7) is 1.26. The van der Waals surface area contributed by atoms with Crippen LogP contribution in [0.3, 0.4) is 0 Å². The Labute approximate surface area is 190 Å². The number of thiazole rings is 1. The van der Waals surface area contributed by atoms with Gasteiger partial charge in [-0.15, -0.1) is 11.6 Å². The molecule has 162 valence electrons. The summed E-state index contributed by atoms with van der Waals surface area (Å²) < 4.78 is 5.63. The Morgan fingerprint density at radius 1 is 1.26 bits per heavy atom. The predicted molar refractivity (Wildman–Crippen MR) is 127 cm³/mol. The molecule has 1 aromatic heterocycles. The standard InChI is InChI=1S/C23H25ClN4O2S/c24-8-1-9-30-19-5-2-15(3-6-19)10-18(25)13-26-23-27-14-21(31-23)16-4-7-20-17(11-16)12-22(29)28-20/h2-7,11,14,18H,1,8-10,12-13,25H2,(H,26,27)(H,28,29)/t18-/m0/s1. The molecule has 0 saturated carbocycles. The quantitative estimate of drug-likeness (QED) is 0.312. The number of carbonyl (C=O) groups is 1. The van der Waals surface area contributed by atoms with Crippen molar-refractivity contribution in [3.63, 3.8) is 0 Å². The predicted octanol–water partition coefficient (Wildman–Crippen LogP) is 4.29. The van der Waals surface area contributed by atoms with E-state index in [0.717, 1.165) is 45.4 Å². The van der Waals surface area contributed by atoms with Crippen LogP contribution in [0.2, 0.25) is 0 Å². The van der Waals surface area contributed by atoms with E-state index in [9.17, 15) is 4.79 Å². The first kappa shape index (κ1) is 21.6. The lowest BCUT2D eigenvalue weighted by Crippen LogP contribution is -2.31. The van der Waals surface area contributed by atoms with E-state index in [1.165, 1.54) is 5.56 Å². The molecular weight excluding hydrogens is 432 g/mol. The third-order valence-electron chi connectivity index (χ3n) is 5.00. The topological polar surface area (TPSA) is 89.3 Å². The van der Waals surface area contributed by atoms with Gasteiger partial charge in [-0.3, -0.25) is 4.79 Å². The number of amides is 1.